The summed E-state index contributed by atoms with van der Waals surface area (Å²) in [6.07, 6.45) is 12.6. The van der Waals surface area contributed by atoms with E-state index in [2.05, 4.69) is 69.3 Å². The molecule has 166 valence electrons. The van der Waals surface area contributed by atoms with E-state index in [1.54, 1.807) is 0 Å². The Morgan fingerprint density at radius 3 is 2.40 bits per heavy atom. The van der Waals surface area contributed by atoms with Crippen LogP contribution in [0.15, 0.2) is 48.6 Å². The van der Waals surface area contributed by atoms with Gasteiger partial charge in [-0.25, -0.2) is 9.78 Å². The zero-order valence-electron chi connectivity index (χ0n) is 19.1. The van der Waals surface area contributed by atoms with Gasteiger partial charge in [-0.3, -0.25) is 4.79 Å². The quantitative estimate of drug-likeness (QED) is 0.324. The van der Waals surface area contributed by atoms with Crippen molar-refractivity contribution in [1.29, 1.82) is 0 Å². The van der Waals surface area contributed by atoms with E-state index in [4.69, 9.17) is 14.9 Å². The molecule has 1 saturated heterocycles. The fourth-order valence-electron chi connectivity index (χ4n) is 4.55. The van der Waals surface area contributed by atoms with Gasteiger partial charge in [0.25, 0.3) is 0 Å². The van der Waals surface area contributed by atoms with E-state index >= 15 is 0 Å². The van der Waals surface area contributed by atoms with E-state index in [1.165, 1.54) is 5.56 Å². The van der Waals surface area contributed by atoms with Crippen molar-refractivity contribution in [2.24, 2.45) is 17.8 Å². The Hall–Kier alpha value is -1.91. The number of carboxylic acids is 1. The van der Waals surface area contributed by atoms with Gasteiger partial charge in [-0.15, -0.1) is 0 Å². The molecule has 0 unspecified atom stereocenters. The minimum atomic E-state index is -0.856. The summed E-state index contributed by atoms with van der Waals surface area (Å²) >= 11 is 0. The third-order valence-electron chi connectivity index (χ3n) is 5.66. The highest BCUT2D eigenvalue weighted by atomic mass is 17.2. The topological polar surface area (TPSA) is 55.8 Å². The SMILES string of the molecule is C[C@H](C[C@@H](C)C=CC[C@@H](C)C=Cc1ccccc1)C[C@@]1(C)C[C@@](C)(CC(=O)O)OO1. The van der Waals surface area contributed by atoms with Crippen molar-refractivity contribution < 1.29 is 19.7 Å². The summed E-state index contributed by atoms with van der Waals surface area (Å²) in [5, 5.41) is 9.08. The number of aliphatic carboxylic acids is 1. The van der Waals surface area contributed by atoms with Gasteiger partial charge in [0.15, 0.2) is 0 Å². The van der Waals surface area contributed by atoms with Crippen LogP contribution in [0.1, 0.15) is 72.3 Å². The van der Waals surface area contributed by atoms with Crippen LogP contribution in [0.5, 0.6) is 0 Å². The highest BCUT2D eigenvalue weighted by molar-refractivity contribution is 5.68. The van der Waals surface area contributed by atoms with Crippen LogP contribution in [0.3, 0.4) is 0 Å². The fraction of sp³-hybridized carbons (Fsp3) is 0.577. The molecule has 0 spiro atoms. The van der Waals surface area contributed by atoms with Gasteiger partial charge in [-0.2, -0.15) is 0 Å². The Morgan fingerprint density at radius 1 is 1.07 bits per heavy atom. The van der Waals surface area contributed by atoms with E-state index < -0.39 is 17.2 Å². The van der Waals surface area contributed by atoms with Crippen molar-refractivity contribution in [3.8, 4) is 0 Å². The molecule has 0 aliphatic carbocycles. The average Bonchev–Trinajstić information content (AvgIpc) is 2.94. The molecule has 1 aromatic carbocycles. The molecular weight excluding hydrogens is 376 g/mol. The number of rotatable bonds is 11. The van der Waals surface area contributed by atoms with E-state index in [0.29, 0.717) is 24.2 Å². The van der Waals surface area contributed by atoms with Crippen molar-refractivity contribution in [2.75, 3.05) is 0 Å². The molecule has 0 amide bonds. The predicted octanol–water partition coefficient (Wildman–Crippen LogP) is 6.68. The van der Waals surface area contributed by atoms with Crippen molar-refractivity contribution in [3.63, 3.8) is 0 Å². The molecule has 0 radical (unpaired) electrons. The third-order valence-corrected chi connectivity index (χ3v) is 5.66. The number of benzene rings is 1. The minimum Gasteiger partial charge on any atom is -0.481 e. The highest BCUT2D eigenvalue weighted by Gasteiger charge is 2.47. The molecular formula is C26H38O4. The summed E-state index contributed by atoms with van der Waals surface area (Å²) in [7, 11) is 0. The van der Waals surface area contributed by atoms with Crippen LogP contribution in [0.2, 0.25) is 0 Å². The van der Waals surface area contributed by atoms with Gasteiger partial charge in [0, 0.05) is 6.42 Å². The lowest BCUT2D eigenvalue weighted by Crippen LogP contribution is -2.32. The van der Waals surface area contributed by atoms with E-state index in [1.807, 2.05) is 19.9 Å². The van der Waals surface area contributed by atoms with Gasteiger partial charge in [-0.1, -0.05) is 75.4 Å². The normalized spacial score (nSPS) is 27.5. The third kappa shape index (κ3) is 8.45. The molecule has 1 aliphatic rings. The van der Waals surface area contributed by atoms with Crippen LogP contribution in [0.4, 0.5) is 0 Å². The molecule has 30 heavy (non-hydrogen) atoms. The number of carbonyl (C=O) groups is 1. The second-order valence-electron chi connectivity index (χ2n) is 9.75. The van der Waals surface area contributed by atoms with Crippen LogP contribution in [-0.2, 0) is 14.6 Å². The fourth-order valence-corrected chi connectivity index (χ4v) is 4.55. The first-order valence-corrected chi connectivity index (χ1v) is 11.1. The van der Waals surface area contributed by atoms with Crippen molar-refractivity contribution in [3.05, 3.63) is 54.1 Å². The van der Waals surface area contributed by atoms with E-state index in [9.17, 15) is 4.79 Å². The number of hydrogen-bond acceptors (Lipinski definition) is 3. The van der Waals surface area contributed by atoms with E-state index in [0.717, 1.165) is 19.3 Å². The monoisotopic (exact) mass is 414 g/mol. The second-order valence-corrected chi connectivity index (χ2v) is 9.75. The van der Waals surface area contributed by atoms with Gasteiger partial charge >= 0.3 is 5.97 Å². The van der Waals surface area contributed by atoms with Crippen LogP contribution >= 0.6 is 0 Å². The van der Waals surface area contributed by atoms with Crippen LogP contribution in [0.25, 0.3) is 6.08 Å². The number of hydrogen-bond donors (Lipinski definition) is 1. The summed E-state index contributed by atoms with van der Waals surface area (Å²) < 4.78 is 0. The molecule has 1 aromatic rings. The molecule has 1 fully saturated rings. The highest BCUT2D eigenvalue weighted by Crippen LogP contribution is 2.42. The van der Waals surface area contributed by atoms with E-state index in [-0.39, 0.29) is 6.42 Å². The lowest BCUT2D eigenvalue weighted by atomic mass is 9.80. The van der Waals surface area contributed by atoms with Gasteiger partial charge in [0.2, 0.25) is 0 Å². The smallest absolute Gasteiger partial charge is 0.306 e. The molecule has 0 saturated carbocycles. The maximum atomic E-state index is 11.1. The molecule has 0 aromatic heterocycles. The predicted molar refractivity (Wildman–Crippen MR) is 122 cm³/mol. The second kappa shape index (κ2) is 10.9. The first kappa shape index (κ1) is 24.4. The van der Waals surface area contributed by atoms with Crippen molar-refractivity contribution >= 4 is 12.0 Å². The largest absolute Gasteiger partial charge is 0.481 e. The summed E-state index contributed by atoms with van der Waals surface area (Å²) in [6.45, 7) is 10.6. The molecule has 4 heteroatoms. The van der Waals surface area contributed by atoms with Crippen molar-refractivity contribution in [2.45, 2.75) is 77.9 Å². The van der Waals surface area contributed by atoms with Crippen LogP contribution in [-0.4, -0.2) is 22.3 Å². The molecule has 2 rings (SSSR count). The number of carboxylic acid groups (broad SMARTS) is 1. The Balaban J connectivity index is 1.74. The lowest BCUT2D eigenvalue weighted by Gasteiger charge is -2.26. The van der Waals surface area contributed by atoms with Gasteiger partial charge in [-0.05, 0) is 56.4 Å². The summed E-state index contributed by atoms with van der Waals surface area (Å²) in [6, 6.07) is 10.4. The Labute approximate surface area is 181 Å². The maximum Gasteiger partial charge on any atom is 0.306 e. The molecule has 4 nitrogen and oxygen atoms in total. The Kier molecular flexibility index (Phi) is 8.87. The minimum absolute atomic E-state index is 0.0347. The Bertz CT molecular complexity index is 726. The maximum absolute atomic E-state index is 11.1. The zero-order valence-corrected chi connectivity index (χ0v) is 19.1. The molecule has 5 atom stereocenters. The number of allylic oxidation sites excluding steroid dienone is 3. The lowest BCUT2D eigenvalue weighted by molar-refractivity contribution is -0.346. The summed E-state index contributed by atoms with van der Waals surface area (Å²) in [5.74, 6) is 0.591. The van der Waals surface area contributed by atoms with Gasteiger partial charge in [0.05, 0.1) is 6.42 Å². The standard InChI is InChI=1S/C26H38O4/c1-20(14-15-23-12-7-6-8-13-23)10-9-11-21(2)16-22(3)17-25(4)19-26(5,30-29-25)18-24(27)28/h6-9,11-15,20-22H,10,16-19H2,1-5H3,(H,27,28)/t20-,21+,22-,25+,26-/m1/s1. The zero-order chi connectivity index (χ0) is 22.2. The molecule has 1 aliphatic heterocycles. The summed E-state index contributed by atoms with van der Waals surface area (Å²) in [5.41, 5.74) is 0.0699. The molecule has 0 bridgehead atoms. The Morgan fingerprint density at radius 2 is 1.73 bits per heavy atom. The molecule has 1 heterocycles. The first-order chi connectivity index (χ1) is 14.1. The van der Waals surface area contributed by atoms with Crippen LogP contribution in [0, 0.1) is 17.8 Å². The average molecular weight is 415 g/mol. The molecule has 1 N–H and O–H groups in total. The van der Waals surface area contributed by atoms with Gasteiger partial charge in [0.1, 0.15) is 11.2 Å². The van der Waals surface area contributed by atoms with Crippen LogP contribution < -0.4 is 0 Å². The first-order valence-electron chi connectivity index (χ1n) is 11.1. The summed E-state index contributed by atoms with van der Waals surface area (Å²) in [4.78, 5) is 22.1. The van der Waals surface area contributed by atoms with Crippen molar-refractivity contribution in [1.82, 2.24) is 0 Å². The van der Waals surface area contributed by atoms with Gasteiger partial charge < -0.3 is 5.11 Å².